The lowest BCUT2D eigenvalue weighted by Crippen LogP contribution is -1.93. The summed E-state index contributed by atoms with van der Waals surface area (Å²) < 4.78 is 17.3. The number of hydrogen-bond donors (Lipinski definition) is 1. The molecule has 1 aromatic carbocycles. The second-order valence-electron chi connectivity index (χ2n) is 2.92. The largest absolute Gasteiger partial charge is 0.478 e. The van der Waals surface area contributed by atoms with Crippen LogP contribution in [-0.4, -0.2) is 11.1 Å². The number of halogens is 1. The minimum Gasteiger partial charge on any atom is -0.478 e. The van der Waals surface area contributed by atoms with Crippen LogP contribution < -0.4 is 0 Å². The van der Waals surface area contributed by atoms with Crippen molar-refractivity contribution in [3.8, 4) is 0 Å². The van der Waals surface area contributed by atoms with Crippen LogP contribution in [0.5, 0.6) is 0 Å². The smallest absolute Gasteiger partial charge is 0.339 e. The standard InChI is InChI=1S/C10H7FO3/c11-4-6-1-2-9-7(3-6)8(5-14-9)10(12)13/h1-3,5H,4H2,(H,12,13). The van der Waals surface area contributed by atoms with Crippen LogP contribution in [0.25, 0.3) is 11.0 Å². The van der Waals surface area contributed by atoms with Crippen LogP contribution in [0.3, 0.4) is 0 Å². The molecule has 0 fully saturated rings. The van der Waals surface area contributed by atoms with Gasteiger partial charge >= 0.3 is 5.97 Å². The van der Waals surface area contributed by atoms with Crippen LogP contribution in [0.1, 0.15) is 15.9 Å². The Labute approximate surface area is 78.8 Å². The number of carboxylic acid groups (broad SMARTS) is 1. The van der Waals surface area contributed by atoms with Gasteiger partial charge in [0.2, 0.25) is 0 Å². The summed E-state index contributed by atoms with van der Waals surface area (Å²) in [6, 6.07) is 4.62. The van der Waals surface area contributed by atoms with Crippen molar-refractivity contribution in [1.82, 2.24) is 0 Å². The number of rotatable bonds is 2. The van der Waals surface area contributed by atoms with Gasteiger partial charge in [0.25, 0.3) is 0 Å². The van der Waals surface area contributed by atoms with Crippen LogP contribution in [0.15, 0.2) is 28.9 Å². The van der Waals surface area contributed by atoms with E-state index >= 15 is 0 Å². The van der Waals surface area contributed by atoms with Crippen LogP contribution in [0.2, 0.25) is 0 Å². The molecule has 14 heavy (non-hydrogen) atoms. The highest BCUT2D eigenvalue weighted by Crippen LogP contribution is 2.22. The molecule has 0 saturated heterocycles. The van der Waals surface area contributed by atoms with Gasteiger partial charge in [-0.1, -0.05) is 6.07 Å². The van der Waals surface area contributed by atoms with E-state index in [9.17, 15) is 9.18 Å². The van der Waals surface area contributed by atoms with Gasteiger partial charge < -0.3 is 9.52 Å². The number of hydrogen-bond acceptors (Lipinski definition) is 2. The van der Waals surface area contributed by atoms with Crippen molar-refractivity contribution in [2.24, 2.45) is 0 Å². The summed E-state index contributed by atoms with van der Waals surface area (Å²) in [5.74, 6) is -1.07. The predicted molar refractivity (Wildman–Crippen MR) is 48.0 cm³/mol. The highest BCUT2D eigenvalue weighted by molar-refractivity contribution is 6.02. The third kappa shape index (κ3) is 1.25. The molecule has 0 bridgehead atoms. The molecule has 0 aliphatic carbocycles. The van der Waals surface area contributed by atoms with Crippen molar-refractivity contribution < 1.29 is 18.7 Å². The molecule has 0 amide bonds. The summed E-state index contributed by atoms with van der Waals surface area (Å²) in [5.41, 5.74) is 0.969. The van der Waals surface area contributed by atoms with E-state index in [1.807, 2.05) is 0 Å². The number of aromatic carboxylic acids is 1. The molecule has 2 rings (SSSR count). The van der Waals surface area contributed by atoms with Gasteiger partial charge in [-0.3, -0.25) is 0 Å². The molecule has 0 atom stereocenters. The molecule has 4 heteroatoms. The van der Waals surface area contributed by atoms with Gasteiger partial charge in [-0.25, -0.2) is 9.18 Å². The highest BCUT2D eigenvalue weighted by atomic mass is 19.1. The molecule has 1 aromatic heterocycles. The van der Waals surface area contributed by atoms with Crippen LogP contribution in [-0.2, 0) is 6.67 Å². The maximum Gasteiger partial charge on any atom is 0.339 e. The lowest BCUT2D eigenvalue weighted by Gasteiger charge is -1.94. The van der Waals surface area contributed by atoms with E-state index in [0.29, 0.717) is 16.5 Å². The summed E-state index contributed by atoms with van der Waals surface area (Å²) in [4.78, 5) is 10.7. The Morgan fingerprint density at radius 1 is 1.50 bits per heavy atom. The zero-order valence-electron chi connectivity index (χ0n) is 7.16. The minimum absolute atomic E-state index is 0.0651. The average Bonchev–Trinajstić information content (AvgIpc) is 2.59. The molecule has 0 saturated carbocycles. The van der Waals surface area contributed by atoms with Gasteiger partial charge in [-0.05, 0) is 17.7 Å². The zero-order valence-corrected chi connectivity index (χ0v) is 7.16. The Kier molecular flexibility index (Phi) is 1.96. The molecule has 72 valence electrons. The fraction of sp³-hybridized carbons (Fsp3) is 0.100. The summed E-state index contributed by atoms with van der Waals surface area (Å²) in [6.07, 6.45) is 1.16. The number of alkyl halides is 1. The second-order valence-corrected chi connectivity index (χ2v) is 2.92. The van der Waals surface area contributed by atoms with Gasteiger partial charge in [0.05, 0.1) is 0 Å². The Bertz CT molecular complexity index is 487. The molecule has 0 aliphatic heterocycles. The number of fused-ring (bicyclic) bond motifs is 1. The topological polar surface area (TPSA) is 50.4 Å². The van der Waals surface area contributed by atoms with Crippen molar-refractivity contribution in [2.45, 2.75) is 6.67 Å². The van der Waals surface area contributed by atoms with E-state index in [1.54, 1.807) is 12.1 Å². The van der Waals surface area contributed by atoms with Crippen molar-refractivity contribution in [3.05, 3.63) is 35.6 Å². The Morgan fingerprint density at radius 2 is 2.29 bits per heavy atom. The van der Waals surface area contributed by atoms with Crippen molar-refractivity contribution in [3.63, 3.8) is 0 Å². The molecular weight excluding hydrogens is 187 g/mol. The number of carboxylic acids is 1. The first-order valence-electron chi connectivity index (χ1n) is 4.02. The van der Waals surface area contributed by atoms with Crippen molar-refractivity contribution >= 4 is 16.9 Å². The highest BCUT2D eigenvalue weighted by Gasteiger charge is 2.12. The molecule has 0 spiro atoms. The molecular formula is C10H7FO3. The van der Waals surface area contributed by atoms with Gasteiger partial charge in [-0.15, -0.1) is 0 Å². The van der Waals surface area contributed by atoms with Gasteiger partial charge in [0, 0.05) is 5.39 Å². The van der Waals surface area contributed by atoms with Gasteiger partial charge in [0.15, 0.2) is 0 Å². The Morgan fingerprint density at radius 3 is 2.93 bits per heavy atom. The SMILES string of the molecule is O=C(O)c1coc2ccc(CF)cc12. The fourth-order valence-electron chi connectivity index (χ4n) is 1.33. The van der Waals surface area contributed by atoms with Crippen molar-refractivity contribution in [1.29, 1.82) is 0 Å². The van der Waals surface area contributed by atoms with E-state index in [-0.39, 0.29) is 5.56 Å². The number of furan rings is 1. The monoisotopic (exact) mass is 194 g/mol. The van der Waals surface area contributed by atoms with E-state index < -0.39 is 12.6 Å². The maximum absolute atomic E-state index is 12.3. The minimum atomic E-state index is -1.07. The van der Waals surface area contributed by atoms with Gasteiger partial charge in [-0.2, -0.15) is 0 Å². The van der Waals surface area contributed by atoms with Crippen LogP contribution in [0, 0.1) is 0 Å². The Hall–Kier alpha value is -1.84. The average molecular weight is 194 g/mol. The lowest BCUT2D eigenvalue weighted by molar-refractivity contribution is 0.0698. The maximum atomic E-state index is 12.3. The summed E-state index contributed by atoms with van der Waals surface area (Å²) in [5, 5.41) is 9.22. The van der Waals surface area contributed by atoms with Gasteiger partial charge in [0.1, 0.15) is 24.1 Å². The normalized spacial score (nSPS) is 10.6. The summed E-state index contributed by atoms with van der Waals surface area (Å²) in [6.45, 7) is -0.611. The summed E-state index contributed by atoms with van der Waals surface area (Å²) in [7, 11) is 0. The first kappa shape index (κ1) is 8.74. The fourth-order valence-corrected chi connectivity index (χ4v) is 1.33. The quantitative estimate of drug-likeness (QED) is 0.799. The predicted octanol–water partition coefficient (Wildman–Crippen LogP) is 2.60. The first-order chi connectivity index (χ1) is 6.72. The lowest BCUT2D eigenvalue weighted by atomic mass is 10.1. The van der Waals surface area contributed by atoms with Crippen molar-refractivity contribution in [2.75, 3.05) is 0 Å². The third-order valence-corrected chi connectivity index (χ3v) is 2.02. The molecule has 1 N–H and O–H groups in total. The third-order valence-electron chi connectivity index (χ3n) is 2.02. The molecule has 1 heterocycles. The van der Waals surface area contributed by atoms with Crippen LogP contribution >= 0.6 is 0 Å². The summed E-state index contributed by atoms with van der Waals surface area (Å²) >= 11 is 0. The molecule has 0 unspecified atom stereocenters. The molecule has 2 aromatic rings. The zero-order chi connectivity index (χ0) is 10.1. The van der Waals surface area contributed by atoms with E-state index in [2.05, 4.69) is 0 Å². The Balaban J connectivity index is 2.69. The van der Waals surface area contributed by atoms with E-state index in [1.165, 1.54) is 6.07 Å². The first-order valence-corrected chi connectivity index (χ1v) is 4.02. The van der Waals surface area contributed by atoms with Crippen LogP contribution in [0.4, 0.5) is 4.39 Å². The number of benzene rings is 1. The molecule has 0 radical (unpaired) electrons. The molecule has 0 aliphatic rings. The second kappa shape index (κ2) is 3.14. The number of carbonyl (C=O) groups is 1. The van der Waals surface area contributed by atoms with E-state index in [0.717, 1.165) is 6.26 Å². The molecule has 3 nitrogen and oxygen atoms in total. The van der Waals surface area contributed by atoms with E-state index in [4.69, 9.17) is 9.52 Å².